The Morgan fingerprint density at radius 3 is 1.96 bits per heavy atom. The number of hydrogen-bond acceptors (Lipinski definition) is 3. The van der Waals surface area contributed by atoms with Crippen molar-refractivity contribution >= 4 is 72.3 Å². The van der Waals surface area contributed by atoms with Crippen LogP contribution in [0.1, 0.15) is 122 Å². The van der Waals surface area contributed by atoms with Gasteiger partial charge in [-0.05, 0) is 117 Å². The molecule has 2 atom stereocenters. The topological polar surface area (TPSA) is 6.48 Å². The SMILES string of the molecule is Cc1ccc(-c2cc3c4c(c2)N2c5c(cc(C(C)(C)C)cc5C5CCCCC52)B4c2sc4ccc(C(C)(C)C)cc4c2N3c2ccc(C(C)(C)C)cc2)cc1. The van der Waals surface area contributed by atoms with Crippen molar-refractivity contribution < 1.29 is 0 Å². The summed E-state index contributed by atoms with van der Waals surface area (Å²) in [6.45, 7) is 23.6. The molecule has 3 aliphatic heterocycles. The Morgan fingerprint density at radius 1 is 0.618 bits per heavy atom. The molecular weight excluding hydrogens is 683 g/mol. The number of benzene rings is 5. The maximum absolute atomic E-state index is 2.87. The van der Waals surface area contributed by atoms with Crippen molar-refractivity contribution in [2.24, 2.45) is 0 Å². The molecule has 0 N–H and O–H groups in total. The molecule has 0 radical (unpaired) electrons. The Labute approximate surface area is 333 Å². The van der Waals surface area contributed by atoms with Crippen LogP contribution in [-0.4, -0.2) is 12.8 Å². The first-order valence-corrected chi connectivity index (χ1v) is 21.6. The number of aryl methyl sites for hydroxylation is 1. The fourth-order valence-corrected chi connectivity index (χ4v) is 11.6. The number of fused-ring (bicyclic) bond motifs is 9. The third-order valence-corrected chi connectivity index (χ3v) is 14.6. The Morgan fingerprint density at radius 2 is 1.27 bits per heavy atom. The van der Waals surface area contributed by atoms with Crippen LogP contribution in [0.4, 0.5) is 28.4 Å². The summed E-state index contributed by atoms with van der Waals surface area (Å²) in [6, 6.07) is 37.0. The molecule has 278 valence electrons. The van der Waals surface area contributed by atoms with E-state index in [2.05, 4.69) is 170 Å². The van der Waals surface area contributed by atoms with Crippen LogP contribution >= 0.6 is 11.3 Å². The first-order valence-electron chi connectivity index (χ1n) is 20.8. The van der Waals surface area contributed by atoms with Crippen molar-refractivity contribution in [1.29, 1.82) is 0 Å². The van der Waals surface area contributed by atoms with Crippen LogP contribution in [0, 0.1) is 6.92 Å². The number of anilines is 5. The lowest BCUT2D eigenvalue weighted by molar-refractivity contribution is 0.402. The minimum absolute atomic E-state index is 0.0457. The molecule has 1 fully saturated rings. The van der Waals surface area contributed by atoms with Crippen molar-refractivity contribution in [3.63, 3.8) is 0 Å². The standard InChI is InChI=1S/C51H55BN2S/c1-30-15-17-31(18-16-30)32-25-42-45-43(26-32)54-41-14-12-11-13-37(41)38-28-35(51(8,9)10)29-40(46(38)54)52(45)48-47(39-27-34(50(5,6)7)21-24-44(39)55-48)53(42)36-22-19-33(20-23-36)49(2,3)4/h15-29,37,41H,11-14H2,1-10H3. The van der Waals surface area contributed by atoms with E-state index in [0.717, 1.165) is 0 Å². The molecule has 4 aliphatic rings. The summed E-state index contributed by atoms with van der Waals surface area (Å²) in [5, 5.41) is 1.37. The number of rotatable bonds is 2. The van der Waals surface area contributed by atoms with Crippen molar-refractivity contribution in [2.45, 2.75) is 123 Å². The average molecular weight is 739 g/mol. The van der Waals surface area contributed by atoms with Gasteiger partial charge in [0.15, 0.2) is 0 Å². The molecule has 10 rings (SSSR count). The highest BCUT2D eigenvalue weighted by Gasteiger charge is 2.52. The quantitative estimate of drug-likeness (QED) is 0.163. The molecule has 0 bridgehead atoms. The average Bonchev–Trinajstić information content (AvgIpc) is 3.68. The molecule has 5 aromatic carbocycles. The fourth-order valence-electron chi connectivity index (χ4n) is 10.3. The van der Waals surface area contributed by atoms with Gasteiger partial charge in [-0.15, -0.1) is 11.3 Å². The Hall–Kier alpha value is -4.28. The fraction of sp³-hybridized carbons (Fsp3) is 0.373. The van der Waals surface area contributed by atoms with Gasteiger partial charge in [0.2, 0.25) is 0 Å². The largest absolute Gasteiger partial charge is 0.338 e. The lowest BCUT2D eigenvalue weighted by atomic mass is 9.36. The van der Waals surface area contributed by atoms with E-state index in [1.165, 1.54) is 113 Å². The number of thiophene rings is 1. The van der Waals surface area contributed by atoms with Crippen LogP contribution < -0.4 is 25.5 Å². The molecule has 4 heterocycles. The first kappa shape index (κ1) is 35.2. The second-order valence-corrected chi connectivity index (χ2v) is 21.3. The molecule has 6 aromatic rings. The molecule has 0 spiro atoms. The third kappa shape index (κ3) is 5.33. The van der Waals surface area contributed by atoms with Crippen molar-refractivity contribution in [2.75, 3.05) is 9.80 Å². The monoisotopic (exact) mass is 738 g/mol. The van der Waals surface area contributed by atoms with E-state index in [0.29, 0.717) is 12.0 Å². The van der Waals surface area contributed by atoms with Gasteiger partial charge in [-0.1, -0.05) is 135 Å². The smallest absolute Gasteiger partial charge is 0.264 e. The van der Waals surface area contributed by atoms with Crippen molar-refractivity contribution in [3.05, 3.63) is 119 Å². The number of nitrogens with zero attached hydrogens (tertiary/aromatic N) is 2. The summed E-state index contributed by atoms with van der Waals surface area (Å²) in [4.78, 5) is 5.54. The minimum Gasteiger partial charge on any atom is -0.338 e. The summed E-state index contributed by atoms with van der Waals surface area (Å²) in [5.74, 6) is 0.570. The van der Waals surface area contributed by atoms with E-state index in [-0.39, 0.29) is 23.0 Å². The van der Waals surface area contributed by atoms with E-state index in [4.69, 9.17) is 0 Å². The van der Waals surface area contributed by atoms with Crippen LogP contribution in [0.2, 0.25) is 0 Å². The zero-order valence-corrected chi connectivity index (χ0v) is 35.3. The van der Waals surface area contributed by atoms with E-state index in [1.807, 2.05) is 11.3 Å². The molecule has 4 heteroatoms. The lowest BCUT2D eigenvalue weighted by Gasteiger charge is -2.44. The second-order valence-electron chi connectivity index (χ2n) is 20.2. The van der Waals surface area contributed by atoms with Gasteiger partial charge < -0.3 is 9.80 Å². The van der Waals surface area contributed by atoms with Gasteiger partial charge in [0.25, 0.3) is 6.71 Å². The highest BCUT2D eigenvalue weighted by Crippen LogP contribution is 2.56. The number of hydrogen-bond donors (Lipinski definition) is 0. The first-order chi connectivity index (χ1) is 26.1. The van der Waals surface area contributed by atoms with Crippen molar-refractivity contribution in [1.82, 2.24) is 0 Å². The van der Waals surface area contributed by atoms with Crippen LogP contribution in [0.3, 0.4) is 0 Å². The normalized spacial score (nSPS) is 18.7. The molecule has 2 unspecified atom stereocenters. The highest BCUT2D eigenvalue weighted by molar-refractivity contribution is 7.33. The van der Waals surface area contributed by atoms with Gasteiger partial charge in [-0.3, -0.25) is 0 Å². The van der Waals surface area contributed by atoms with Crippen LogP contribution in [0.15, 0.2) is 91.0 Å². The Bertz CT molecular complexity index is 2520. The maximum atomic E-state index is 2.87. The van der Waals surface area contributed by atoms with Gasteiger partial charge in [0.05, 0.1) is 5.69 Å². The van der Waals surface area contributed by atoms with Crippen LogP contribution in [0.5, 0.6) is 0 Å². The predicted octanol–water partition coefficient (Wildman–Crippen LogP) is 12.6. The van der Waals surface area contributed by atoms with E-state index in [1.54, 1.807) is 5.56 Å². The van der Waals surface area contributed by atoms with Gasteiger partial charge in [-0.25, -0.2) is 0 Å². The Balaban J connectivity index is 1.35. The molecule has 0 amide bonds. The predicted molar refractivity (Wildman–Crippen MR) is 241 cm³/mol. The van der Waals surface area contributed by atoms with Crippen molar-refractivity contribution in [3.8, 4) is 11.1 Å². The van der Waals surface area contributed by atoms with Crippen LogP contribution in [-0.2, 0) is 16.2 Å². The summed E-state index contributed by atoms with van der Waals surface area (Å²) in [6.07, 6.45) is 5.16. The second kappa shape index (κ2) is 11.9. The zero-order chi connectivity index (χ0) is 38.3. The highest BCUT2D eigenvalue weighted by atomic mass is 32.1. The lowest BCUT2D eigenvalue weighted by Crippen LogP contribution is -2.61. The molecular formula is C51H55BN2S. The minimum atomic E-state index is 0.0457. The molecule has 0 saturated heterocycles. The molecule has 55 heavy (non-hydrogen) atoms. The van der Waals surface area contributed by atoms with E-state index in [9.17, 15) is 0 Å². The third-order valence-electron chi connectivity index (χ3n) is 13.4. The van der Waals surface area contributed by atoms with Gasteiger partial charge >= 0.3 is 0 Å². The van der Waals surface area contributed by atoms with Gasteiger partial charge in [0.1, 0.15) is 0 Å². The summed E-state index contributed by atoms with van der Waals surface area (Å²) in [5.41, 5.74) is 19.8. The maximum Gasteiger partial charge on any atom is 0.264 e. The van der Waals surface area contributed by atoms with Crippen LogP contribution in [0.25, 0.3) is 21.2 Å². The summed E-state index contributed by atoms with van der Waals surface area (Å²) in [7, 11) is 0. The molecule has 1 aliphatic carbocycles. The van der Waals surface area contributed by atoms with Gasteiger partial charge in [-0.2, -0.15) is 0 Å². The molecule has 1 aromatic heterocycles. The van der Waals surface area contributed by atoms with Gasteiger partial charge in [0, 0.05) is 49.6 Å². The summed E-state index contributed by atoms with van der Waals surface area (Å²) < 4.78 is 2.86. The Kier molecular flexibility index (Phi) is 7.59. The molecule has 2 nitrogen and oxygen atoms in total. The van der Waals surface area contributed by atoms with E-state index >= 15 is 0 Å². The van der Waals surface area contributed by atoms with E-state index < -0.39 is 0 Å². The zero-order valence-electron chi connectivity index (χ0n) is 34.5. The molecule has 1 saturated carbocycles. The summed E-state index contributed by atoms with van der Waals surface area (Å²) >= 11 is 2.04.